The Morgan fingerprint density at radius 1 is 0.938 bits per heavy atom. The molecule has 2 rings (SSSR count). The molecule has 0 aromatic heterocycles. The molecule has 0 atom stereocenters. The highest BCUT2D eigenvalue weighted by Crippen LogP contribution is 2.30. The van der Waals surface area contributed by atoms with Crippen LogP contribution in [0.5, 0.6) is 11.5 Å². The van der Waals surface area contributed by atoms with Crippen LogP contribution in [0.25, 0.3) is 10.8 Å². The first-order valence-corrected chi connectivity index (χ1v) is 5.65. The number of phenols is 2. The maximum Gasteiger partial charge on any atom is 0.158 e. The van der Waals surface area contributed by atoms with E-state index < -0.39 is 0 Å². The summed E-state index contributed by atoms with van der Waals surface area (Å²) in [5, 5.41) is 20.7. The molecule has 2 heteroatoms. The lowest BCUT2D eigenvalue weighted by molar-refractivity contribution is 0.405. The first-order chi connectivity index (χ1) is 7.70. The SMILES string of the molecule is CCCCc1ccc2cc(O)c(O)cc2c1. The third kappa shape index (κ3) is 2.11. The van der Waals surface area contributed by atoms with Gasteiger partial charge in [0.1, 0.15) is 0 Å². The van der Waals surface area contributed by atoms with E-state index in [1.54, 1.807) is 12.1 Å². The van der Waals surface area contributed by atoms with Crippen molar-refractivity contribution >= 4 is 10.8 Å². The van der Waals surface area contributed by atoms with E-state index in [1.165, 1.54) is 18.4 Å². The molecule has 2 nitrogen and oxygen atoms in total. The summed E-state index contributed by atoms with van der Waals surface area (Å²) in [5.41, 5.74) is 1.28. The molecule has 0 saturated carbocycles. The monoisotopic (exact) mass is 216 g/mol. The van der Waals surface area contributed by atoms with Crippen molar-refractivity contribution in [2.45, 2.75) is 26.2 Å². The highest BCUT2D eigenvalue weighted by molar-refractivity contribution is 5.86. The molecule has 0 aliphatic heterocycles. The zero-order valence-corrected chi connectivity index (χ0v) is 9.40. The van der Waals surface area contributed by atoms with Crippen molar-refractivity contribution in [2.75, 3.05) is 0 Å². The molecule has 2 aromatic rings. The molecule has 0 aliphatic rings. The lowest BCUT2D eigenvalue weighted by Crippen LogP contribution is -1.84. The van der Waals surface area contributed by atoms with E-state index in [9.17, 15) is 10.2 Å². The number of unbranched alkanes of at least 4 members (excludes halogenated alkanes) is 1. The second kappa shape index (κ2) is 4.44. The van der Waals surface area contributed by atoms with Gasteiger partial charge in [0.25, 0.3) is 0 Å². The van der Waals surface area contributed by atoms with Gasteiger partial charge in [0.05, 0.1) is 0 Å². The zero-order valence-electron chi connectivity index (χ0n) is 9.40. The van der Waals surface area contributed by atoms with E-state index in [-0.39, 0.29) is 11.5 Å². The van der Waals surface area contributed by atoms with Gasteiger partial charge in [-0.2, -0.15) is 0 Å². The number of aromatic hydroxyl groups is 2. The fourth-order valence-corrected chi connectivity index (χ4v) is 1.86. The maximum atomic E-state index is 9.43. The van der Waals surface area contributed by atoms with Crippen LogP contribution in [0.1, 0.15) is 25.3 Å². The minimum absolute atomic E-state index is 0.0554. The van der Waals surface area contributed by atoms with Crippen molar-refractivity contribution in [3.63, 3.8) is 0 Å². The van der Waals surface area contributed by atoms with Crippen LogP contribution in [0.2, 0.25) is 0 Å². The Morgan fingerprint density at radius 2 is 1.62 bits per heavy atom. The summed E-state index contributed by atoms with van der Waals surface area (Å²) < 4.78 is 0. The fraction of sp³-hybridized carbons (Fsp3) is 0.286. The Morgan fingerprint density at radius 3 is 2.31 bits per heavy atom. The molecule has 16 heavy (non-hydrogen) atoms. The molecule has 0 amide bonds. The van der Waals surface area contributed by atoms with Gasteiger partial charge in [0.15, 0.2) is 11.5 Å². The van der Waals surface area contributed by atoms with Gasteiger partial charge in [-0.25, -0.2) is 0 Å². The molecular formula is C14H16O2. The lowest BCUT2D eigenvalue weighted by atomic mass is 10.0. The second-order valence-corrected chi connectivity index (χ2v) is 4.13. The van der Waals surface area contributed by atoms with Gasteiger partial charge in [0.2, 0.25) is 0 Å². The van der Waals surface area contributed by atoms with Crippen LogP contribution in [0.3, 0.4) is 0 Å². The predicted molar refractivity (Wildman–Crippen MR) is 65.9 cm³/mol. The normalized spacial score (nSPS) is 10.8. The van der Waals surface area contributed by atoms with E-state index in [0.717, 1.165) is 17.2 Å². The van der Waals surface area contributed by atoms with Gasteiger partial charge in [-0.1, -0.05) is 31.5 Å². The first kappa shape index (κ1) is 10.8. The molecule has 0 fully saturated rings. The van der Waals surface area contributed by atoms with E-state index in [0.29, 0.717) is 0 Å². The Bertz CT molecular complexity index is 503. The Balaban J connectivity index is 2.41. The smallest absolute Gasteiger partial charge is 0.158 e. The highest BCUT2D eigenvalue weighted by atomic mass is 16.3. The Hall–Kier alpha value is -1.70. The standard InChI is InChI=1S/C14H16O2/c1-2-3-4-10-5-6-11-8-13(15)14(16)9-12(11)7-10/h5-9,15-16H,2-4H2,1H3. The molecule has 0 radical (unpaired) electrons. The number of hydrogen-bond donors (Lipinski definition) is 2. The lowest BCUT2D eigenvalue weighted by Gasteiger charge is -2.05. The molecule has 0 heterocycles. The topological polar surface area (TPSA) is 40.5 Å². The number of aryl methyl sites for hydroxylation is 1. The van der Waals surface area contributed by atoms with Crippen molar-refractivity contribution in [1.29, 1.82) is 0 Å². The number of benzene rings is 2. The Labute approximate surface area is 95.2 Å². The molecular weight excluding hydrogens is 200 g/mol. The van der Waals surface area contributed by atoms with Crippen LogP contribution in [0.15, 0.2) is 30.3 Å². The second-order valence-electron chi connectivity index (χ2n) is 4.13. The van der Waals surface area contributed by atoms with Crippen LogP contribution in [-0.2, 0) is 6.42 Å². The quantitative estimate of drug-likeness (QED) is 0.770. The molecule has 0 bridgehead atoms. The number of phenolic OH excluding ortho intramolecular Hbond substituents is 2. The molecule has 2 aromatic carbocycles. The molecule has 0 aliphatic carbocycles. The van der Waals surface area contributed by atoms with Gasteiger partial charge in [-0.3, -0.25) is 0 Å². The van der Waals surface area contributed by atoms with Gasteiger partial charge in [-0.15, -0.1) is 0 Å². The first-order valence-electron chi connectivity index (χ1n) is 5.65. The van der Waals surface area contributed by atoms with Crippen molar-refractivity contribution in [3.05, 3.63) is 35.9 Å². The average Bonchev–Trinajstić information content (AvgIpc) is 2.28. The molecule has 2 N–H and O–H groups in total. The van der Waals surface area contributed by atoms with Gasteiger partial charge >= 0.3 is 0 Å². The van der Waals surface area contributed by atoms with Crippen LogP contribution >= 0.6 is 0 Å². The molecule has 0 saturated heterocycles. The molecule has 84 valence electrons. The van der Waals surface area contributed by atoms with Crippen LogP contribution in [-0.4, -0.2) is 10.2 Å². The van der Waals surface area contributed by atoms with E-state index in [1.807, 2.05) is 6.07 Å². The Kier molecular flexibility index (Phi) is 3.00. The minimum atomic E-state index is -0.0613. The summed E-state index contributed by atoms with van der Waals surface area (Å²) in [7, 11) is 0. The van der Waals surface area contributed by atoms with Crippen LogP contribution in [0, 0.1) is 0 Å². The molecule has 0 unspecified atom stereocenters. The summed E-state index contributed by atoms with van der Waals surface area (Å²) in [5.74, 6) is -0.117. The van der Waals surface area contributed by atoms with E-state index in [2.05, 4.69) is 19.1 Å². The van der Waals surface area contributed by atoms with Gasteiger partial charge in [0, 0.05) is 0 Å². The van der Waals surface area contributed by atoms with Crippen LogP contribution < -0.4 is 0 Å². The van der Waals surface area contributed by atoms with Crippen molar-refractivity contribution < 1.29 is 10.2 Å². The van der Waals surface area contributed by atoms with E-state index in [4.69, 9.17) is 0 Å². The van der Waals surface area contributed by atoms with Crippen molar-refractivity contribution in [3.8, 4) is 11.5 Å². The van der Waals surface area contributed by atoms with Gasteiger partial charge in [-0.05, 0) is 41.3 Å². The third-order valence-electron chi connectivity index (χ3n) is 2.82. The largest absolute Gasteiger partial charge is 0.504 e. The summed E-state index contributed by atoms with van der Waals surface area (Å²) >= 11 is 0. The summed E-state index contributed by atoms with van der Waals surface area (Å²) in [4.78, 5) is 0. The zero-order chi connectivity index (χ0) is 11.5. The number of fused-ring (bicyclic) bond motifs is 1. The van der Waals surface area contributed by atoms with Crippen molar-refractivity contribution in [2.24, 2.45) is 0 Å². The molecule has 0 spiro atoms. The summed E-state index contributed by atoms with van der Waals surface area (Å²) in [6, 6.07) is 9.34. The number of hydrogen-bond acceptors (Lipinski definition) is 2. The van der Waals surface area contributed by atoms with Crippen molar-refractivity contribution in [1.82, 2.24) is 0 Å². The predicted octanol–water partition coefficient (Wildman–Crippen LogP) is 3.59. The number of rotatable bonds is 3. The van der Waals surface area contributed by atoms with Gasteiger partial charge < -0.3 is 10.2 Å². The van der Waals surface area contributed by atoms with Crippen LogP contribution in [0.4, 0.5) is 0 Å². The highest BCUT2D eigenvalue weighted by Gasteiger charge is 2.02. The van der Waals surface area contributed by atoms with E-state index >= 15 is 0 Å². The average molecular weight is 216 g/mol. The summed E-state index contributed by atoms with van der Waals surface area (Å²) in [6.07, 6.45) is 3.42. The summed E-state index contributed by atoms with van der Waals surface area (Å²) in [6.45, 7) is 2.17. The maximum absolute atomic E-state index is 9.43. The third-order valence-corrected chi connectivity index (χ3v) is 2.82. The fourth-order valence-electron chi connectivity index (χ4n) is 1.86. The minimum Gasteiger partial charge on any atom is -0.504 e.